The molecule has 2 aromatic rings. The Labute approximate surface area is 256 Å². The Bertz CT molecular complexity index is 1240. The van der Waals surface area contributed by atoms with Crippen LogP contribution >= 0.6 is 0 Å². The van der Waals surface area contributed by atoms with E-state index in [4.69, 9.17) is 9.16 Å². The highest BCUT2D eigenvalue weighted by Gasteiger charge is 2.52. The van der Waals surface area contributed by atoms with Crippen LogP contribution in [-0.4, -0.2) is 32.2 Å². The van der Waals surface area contributed by atoms with Crippen LogP contribution in [0, 0.1) is 17.7 Å². The van der Waals surface area contributed by atoms with Gasteiger partial charge in [0, 0.05) is 12.5 Å². The fraction of sp³-hybridized carbons (Fsp3) is 0.636. The first-order valence-corrected chi connectivity index (χ1v) is 18.1. The van der Waals surface area contributed by atoms with Crippen LogP contribution in [0.25, 0.3) is 0 Å². The molecule has 0 aliphatic heterocycles. The predicted octanol–water partition coefficient (Wildman–Crippen LogP) is 10.1. The van der Waals surface area contributed by atoms with Gasteiger partial charge in [0.15, 0.2) is 8.32 Å². The molecule has 11 heteroatoms. The lowest BCUT2D eigenvalue weighted by molar-refractivity contribution is -0.143. The maximum atomic E-state index is 13.8. The van der Waals surface area contributed by atoms with E-state index in [-0.39, 0.29) is 34.7 Å². The Hall–Kier alpha value is -1.95. The standard InChI is InChI=1S/C33H43F7O3Si/c1-30(2,3)44(4,5)43-19-21-8-11-24(15-21)31(14-6-7-28(31)22-9-12-27(34)13-10-22)42-20-29(41)23-16-25(32(35,36)37)18-26(17-23)33(38,39)40/h9-10,12-13,16-18,21,24,28-29,41H,6-8,11,14-15,19-20H2,1-5H3/t21?,24?,28?,29-,31?/m0/s1. The molecule has 2 aliphatic rings. The van der Waals surface area contributed by atoms with Crippen molar-refractivity contribution in [3.8, 4) is 0 Å². The molecule has 4 unspecified atom stereocenters. The zero-order chi connectivity index (χ0) is 32.7. The maximum absolute atomic E-state index is 13.8. The van der Waals surface area contributed by atoms with Gasteiger partial charge in [0.1, 0.15) is 11.9 Å². The number of hydrogen-bond donors (Lipinski definition) is 1. The molecule has 0 aromatic heterocycles. The minimum Gasteiger partial charge on any atom is -0.417 e. The summed E-state index contributed by atoms with van der Waals surface area (Å²) < 4.78 is 108. The van der Waals surface area contributed by atoms with Crippen molar-refractivity contribution >= 4 is 8.32 Å². The lowest BCUT2D eigenvalue weighted by atomic mass is 9.74. The van der Waals surface area contributed by atoms with E-state index in [0.29, 0.717) is 25.2 Å². The van der Waals surface area contributed by atoms with Crippen molar-refractivity contribution in [2.24, 2.45) is 11.8 Å². The Morgan fingerprint density at radius 2 is 1.50 bits per heavy atom. The summed E-state index contributed by atoms with van der Waals surface area (Å²) in [6.45, 7) is 11.1. The van der Waals surface area contributed by atoms with Gasteiger partial charge in [-0.25, -0.2) is 4.39 Å². The van der Waals surface area contributed by atoms with Crippen molar-refractivity contribution in [3.63, 3.8) is 0 Å². The molecule has 0 heterocycles. The Kier molecular flexibility index (Phi) is 10.1. The first kappa shape index (κ1) is 34.9. The second kappa shape index (κ2) is 12.7. The summed E-state index contributed by atoms with van der Waals surface area (Å²) in [6.07, 6.45) is -7.17. The van der Waals surface area contributed by atoms with Crippen LogP contribution in [-0.2, 0) is 21.5 Å². The zero-order valence-corrected chi connectivity index (χ0v) is 26.9. The van der Waals surface area contributed by atoms with E-state index < -0.39 is 55.7 Å². The van der Waals surface area contributed by atoms with E-state index in [1.807, 2.05) is 0 Å². The topological polar surface area (TPSA) is 38.7 Å². The molecule has 1 N–H and O–H groups in total. The van der Waals surface area contributed by atoms with Gasteiger partial charge in [0.25, 0.3) is 0 Å². The molecule has 4 rings (SSSR count). The fourth-order valence-corrected chi connectivity index (χ4v) is 7.72. The van der Waals surface area contributed by atoms with Crippen LogP contribution in [0.4, 0.5) is 30.7 Å². The summed E-state index contributed by atoms with van der Waals surface area (Å²) in [7, 11) is -1.98. The number of aliphatic hydroxyl groups is 1. The summed E-state index contributed by atoms with van der Waals surface area (Å²) in [4.78, 5) is 0. The second-order valence-electron chi connectivity index (χ2n) is 14.1. The number of rotatable bonds is 9. The third-order valence-corrected chi connectivity index (χ3v) is 14.6. The van der Waals surface area contributed by atoms with Crippen molar-refractivity contribution < 1.29 is 45.0 Å². The number of benzene rings is 2. The molecule has 2 fully saturated rings. The quantitative estimate of drug-likeness (QED) is 0.217. The van der Waals surface area contributed by atoms with Crippen molar-refractivity contribution in [3.05, 3.63) is 70.5 Å². The van der Waals surface area contributed by atoms with Gasteiger partial charge in [0.05, 0.1) is 23.3 Å². The molecule has 0 saturated heterocycles. The molecule has 246 valence electrons. The maximum Gasteiger partial charge on any atom is 0.416 e. The monoisotopic (exact) mass is 648 g/mol. The van der Waals surface area contributed by atoms with E-state index in [2.05, 4.69) is 33.9 Å². The first-order chi connectivity index (χ1) is 20.2. The Morgan fingerprint density at radius 1 is 0.909 bits per heavy atom. The average molecular weight is 649 g/mol. The van der Waals surface area contributed by atoms with Gasteiger partial charge in [-0.3, -0.25) is 0 Å². The van der Waals surface area contributed by atoms with E-state index in [1.54, 1.807) is 12.1 Å². The van der Waals surface area contributed by atoms with Gasteiger partial charge in [0.2, 0.25) is 0 Å². The Balaban J connectivity index is 1.61. The molecule has 44 heavy (non-hydrogen) atoms. The lowest BCUT2D eigenvalue weighted by Gasteiger charge is -2.42. The van der Waals surface area contributed by atoms with Gasteiger partial charge in [-0.15, -0.1) is 0 Å². The molecular weight excluding hydrogens is 605 g/mol. The summed E-state index contributed by atoms with van der Waals surface area (Å²) in [6, 6.07) is 7.30. The smallest absolute Gasteiger partial charge is 0.416 e. The molecule has 2 aliphatic carbocycles. The van der Waals surface area contributed by atoms with Gasteiger partial charge < -0.3 is 14.3 Å². The second-order valence-corrected chi connectivity index (χ2v) is 18.9. The highest BCUT2D eigenvalue weighted by Crippen LogP contribution is 2.55. The summed E-state index contributed by atoms with van der Waals surface area (Å²) in [5, 5.41) is 11.0. The predicted molar refractivity (Wildman–Crippen MR) is 157 cm³/mol. The van der Waals surface area contributed by atoms with Crippen molar-refractivity contribution in [1.29, 1.82) is 0 Å². The number of alkyl halides is 6. The summed E-state index contributed by atoms with van der Waals surface area (Å²) in [5.74, 6) is -0.269. The molecule has 0 amide bonds. The van der Waals surface area contributed by atoms with Crippen LogP contribution in [0.5, 0.6) is 0 Å². The van der Waals surface area contributed by atoms with Crippen molar-refractivity contribution in [2.45, 2.75) is 107 Å². The van der Waals surface area contributed by atoms with Crippen LogP contribution in [0.1, 0.15) is 93.6 Å². The highest BCUT2D eigenvalue weighted by atomic mass is 28.4. The highest BCUT2D eigenvalue weighted by molar-refractivity contribution is 6.74. The normalized spacial score (nSPS) is 25.9. The Morgan fingerprint density at radius 3 is 2.05 bits per heavy atom. The molecule has 5 atom stereocenters. The lowest BCUT2D eigenvalue weighted by Crippen LogP contribution is -2.44. The van der Waals surface area contributed by atoms with Crippen LogP contribution in [0.3, 0.4) is 0 Å². The summed E-state index contributed by atoms with van der Waals surface area (Å²) in [5.41, 5.74) is -3.44. The number of halogens is 7. The minimum atomic E-state index is -5.03. The molecule has 0 spiro atoms. The summed E-state index contributed by atoms with van der Waals surface area (Å²) >= 11 is 0. The van der Waals surface area contributed by atoms with Crippen LogP contribution in [0.2, 0.25) is 18.1 Å². The molecule has 0 bridgehead atoms. The average Bonchev–Trinajstić information content (AvgIpc) is 3.57. The molecule has 2 saturated carbocycles. The molecule has 0 radical (unpaired) electrons. The van der Waals surface area contributed by atoms with Gasteiger partial charge in [-0.2, -0.15) is 26.3 Å². The van der Waals surface area contributed by atoms with Gasteiger partial charge >= 0.3 is 12.4 Å². The van der Waals surface area contributed by atoms with Crippen molar-refractivity contribution in [2.75, 3.05) is 13.2 Å². The number of ether oxygens (including phenoxy) is 1. The van der Waals surface area contributed by atoms with E-state index in [1.165, 1.54) is 12.1 Å². The SMILES string of the molecule is CC(C)(C)[Si](C)(C)OCC1CCC(C2(OC[C@H](O)c3cc(C(F)(F)F)cc(C(F)(F)F)c3)CCCC2c2ccc(F)cc2)C1. The molecular formula is C33H43F7O3Si. The van der Waals surface area contributed by atoms with Crippen LogP contribution < -0.4 is 0 Å². The van der Waals surface area contributed by atoms with E-state index in [9.17, 15) is 35.8 Å². The zero-order valence-electron chi connectivity index (χ0n) is 25.9. The third kappa shape index (κ3) is 7.70. The first-order valence-electron chi connectivity index (χ1n) is 15.2. The van der Waals surface area contributed by atoms with Crippen LogP contribution in [0.15, 0.2) is 42.5 Å². The third-order valence-electron chi connectivity index (χ3n) is 10.1. The molecule has 3 nitrogen and oxygen atoms in total. The van der Waals surface area contributed by atoms with E-state index >= 15 is 0 Å². The van der Waals surface area contributed by atoms with Crippen molar-refractivity contribution in [1.82, 2.24) is 0 Å². The fourth-order valence-electron chi connectivity index (χ4n) is 6.64. The van der Waals surface area contributed by atoms with Gasteiger partial charge in [-0.1, -0.05) is 32.9 Å². The largest absolute Gasteiger partial charge is 0.417 e. The number of aliphatic hydroxyl groups excluding tert-OH is 1. The number of hydrogen-bond acceptors (Lipinski definition) is 3. The molecule has 2 aromatic carbocycles. The van der Waals surface area contributed by atoms with Gasteiger partial charge in [-0.05, 0) is 110 Å². The minimum absolute atomic E-state index is 0.0208. The van der Waals surface area contributed by atoms with E-state index in [0.717, 1.165) is 37.7 Å².